The minimum absolute atomic E-state index is 0.107. The Morgan fingerprint density at radius 1 is 0.922 bits per heavy atom. The van der Waals surface area contributed by atoms with Crippen molar-refractivity contribution in [3.8, 4) is 0 Å². The minimum Gasteiger partial charge on any atom is -0.455 e. The zero-order chi connectivity index (χ0) is 46.7. The third-order valence-electron chi connectivity index (χ3n) is 14.2. The molecule has 7 rings (SSSR count). The highest BCUT2D eigenvalue weighted by Gasteiger charge is 2.83. The van der Waals surface area contributed by atoms with Crippen molar-refractivity contribution in [1.29, 1.82) is 0 Å². The van der Waals surface area contributed by atoms with Gasteiger partial charge in [-0.05, 0) is 63.2 Å². The van der Waals surface area contributed by atoms with Crippen molar-refractivity contribution in [2.45, 2.75) is 142 Å². The maximum Gasteiger partial charge on any atom is 0.408 e. The summed E-state index contributed by atoms with van der Waals surface area (Å²) in [6, 6.07) is 15.5. The van der Waals surface area contributed by atoms with Gasteiger partial charge >= 0.3 is 30.0 Å². The van der Waals surface area contributed by atoms with Crippen LogP contribution in [0.3, 0.4) is 0 Å². The van der Waals surface area contributed by atoms with E-state index in [9.17, 15) is 33.9 Å². The number of ketones is 2. The molecule has 64 heavy (non-hydrogen) atoms. The maximum atomic E-state index is 15.6. The van der Waals surface area contributed by atoms with E-state index in [-0.39, 0.29) is 43.1 Å². The van der Waals surface area contributed by atoms with Gasteiger partial charge in [0.2, 0.25) is 6.10 Å². The van der Waals surface area contributed by atoms with E-state index in [2.05, 4.69) is 5.32 Å². The minimum atomic E-state index is -2.06. The number of aliphatic hydroxyl groups is 1. The molecule has 15 nitrogen and oxygen atoms in total. The molecule has 11 atom stereocenters. The molecule has 2 aromatic carbocycles. The summed E-state index contributed by atoms with van der Waals surface area (Å²) in [5, 5.41) is 16.6. The molecule has 1 heterocycles. The fourth-order valence-electron chi connectivity index (χ4n) is 11.4. The van der Waals surface area contributed by atoms with Gasteiger partial charge in [0.1, 0.15) is 23.9 Å². The van der Waals surface area contributed by atoms with Crippen LogP contribution in [-0.2, 0) is 52.4 Å². The standard InChI is InChI=1S/C49H59NO14/c1-10-36(54)62-40(38(30-19-15-12-16-20-30)50-44(57)64-45(5,6)7)43(56)61-34-24-49(58)32(22-33(53)29-17-13-11-14-18-29)41-47(23-31(47)21-35-48(41,25-59-35)63-28(4)52)42(55)39(60-27(3)51)37(26(34)2)46(49,8)9/h11-20,31-32,34-35,38-41,58H,10,21-25H2,1-9H3,(H,50,57)/t31-,32+,34+,35-,38+,39-,40-,41+,47-,48+,49-/m1/s1. The van der Waals surface area contributed by atoms with Gasteiger partial charge in [0.05, 0.1) is 12.2 Å². The average molecular weight is 886 g/mol. The molecule has 15 heteroatoms. The summed E-state index contributed by atoms with van der Waals surface area (Å²) in [6.45, 7) is 13.9. The van der Waals surface area contributed by atoms with Gasteiger partial charge in [0.15, 0.2) is 23.3 Å². The van der Waals surface area contributed by atoms with E-state index < -0.39 is 106 Å². The molecular weight excluding hydrogens is 827 g/mol. The molecule has 1 spiro atoms. The van der Waals surface area contributed by atoms with Crippen molar-refractivity contribution < 1.29 is 67.1 Å². The predicted molar refractivity (Wildman–Crippen MR) is 227 cm³/mol. The van der Waals surface area contributed by atoms with E-state index in [0.29, 0.717) is 29.5 Å². The first-order valence-corrected chi connectivity index (χ1v) is 22.0. The number of esters is 4. The Morgan fingerprint density at radius 2 is 1.56 bits per heavy atom. The highest BCUT2D eigenvalue weighted by Crippen LogP contribution is 2.76. The molecule has 0 radical (unpaired) electrons. The number of carbonyl (C=O) groups is 7. The Balaban J connectivity index is 1.40. The summed E-state index contributed by atoms with van der Waals surface area (Å²) >= 11 is 0. The van der Waals surface area contributed by atoms with Gasteiger partial charge in [-0.2, -0.15) is 0 Å². The normalized spacial score (nSPS) is 31.9. The van der Waals surface area contributed by atoms with Gasteiger partial charge in [-0.1, -0.05) is 81.4 Å². The van der Waals surface area contributed by atoms with Crippen LogP contribution in [0.1, 0.15) is 116 Å². The molecule has 4 aliphatic carbocycles. The van der Waals surface area contributed by atoms with Crippen LogP contribution in [0.25, 0.3) is 0 Å². The number of alkyl carbamates (subject to hydrolysis) is 1. The van der Waals surface area contributed by atoms with Gasteiger partial charge in [-0.3, -0.25) is 24.0 Å². The molecule has 2 aromatic rings. The molecule has 2 N–H and O–H groups in total. The van der Waals surface area contributed by atoms with Crippen LogP contribution in [0.2, 0.25) is 0 Å². The second-order valence-corrected chi connectivity index (χ2v) is 19.5. The highest BCUT2D eigenvalue weighted by molar-refractivity contribution is 5.99. The van der Waals surface area contributed by atoms with Crippen LogP contribution < -0.4 is 5.32 Å². The summed E-state index contributed by atoms with van der Waals surface area (Å²) in [5.74, 6) is -6.60. The molecule has 5 aliphatic rings. The molecule has 2 bridgehead atoms. The zero-order valence-electron chi connectivity index (χ0n) is 37.9. The topological polar surface area (TPSA) is 207 Å². The van der Waals surface area contributed by atoms with Crippen molar-refractivity contribution in [2.24, 2.45) is 28.6 Å². The number of amides is 1. The third-order valence-corrected chi connectivity index (χ3v) is 14.2. The first-order valence-electron chi connectivity index (χ1n) is 22.0. The summed E-state index contributed by atoms with van der Waals surface area (Å²) in [5.41, 5.74) is -6.00. The Morgan fingerprint density at radius 3 is 2.12 bits per heavy atom. The lowest BCUT2D eigenvalue weighted by molar-refractivity contribution is -0.316. The Bertz CT molecular complexity index is 2250. The second kappa shape index (κ2) is 16.9. The first kappa shape index (κ1) is 46.6. The van der Waals surface area contributed by atoms with Crippen LogP contribution in [0.4, 0.5) is 4.79 Å². The van der Waals surface area contributed by atoms with Crippen LogP contribution in [0.5, 0.6) is 0 Å². The number of Topliss-reactive ketones (excluding diaryl/α,β-unsaturated/α-hetero) is 2. The van der Waals surface area contributed by atoms with Crippen LogP contribution in [0, 0.1) is 28.6 Å². The van der Waals surface area contributed by atoms with Crippen molar-refractivity contribution in [2.75, 3.05) is 6.61 Å². The molecule has 0 unspecified atom stereocenters. The van der Waals surface area contributed by atoms with Crippen LogP contribution in [-0.4, -0.2) is 94.5 Å². The van der Waals surface area contributed by atoms with Gasteiger partial charge in [0, 0.05) is 61.3 Å². The number of rotatable bonds is 12. The molecular formula is C49H59NO14. The maximum absolute atomic E-state index is 15.6. The number of hydrogen-bond acceptors (Lipinski definition) is 14. The van der Waals surface area contributed by atoms with E-state index in [4.69, 9.17) is 28.4 Å². The SMILES string of the molecule is CCC(=O)O[C@@H](C(=O)O[C@H]1C[C@@]2(O)[C@@H](CC(=O)c3ccccc3)[C@@H]3[C@]4(OC(C)=O)CO[C@@H]4C[C@@H]4C[C@@]43C(=O)[C@H](OC(C)=O)C(=C1C)C2(C)C)[C@@H](NC(=O)OC(C)(C)C)c1ccccc1. The summed E-state index contributed by atoms with van der Waals surface area (Å²) < 4.78 is 36.0. The Hall–Kier alpha value is -5.41. The highest BCUT2D eigenvalue weighted by atomic mass is 16.6. The number of fused-ring (bicyclic) bond motifs is 4. The van der Waals surface area contributed by atoms with Crippen molar-refractivity contribution >= 4 is 41.5 Å². The second-order valence-electron chi connectivity index (χ2n) is 19.5. The Labute approximate surface area is 372 Å². The molecule has 344 valence electrons. The van der Waals surface area contributed by atoms with Gasteiger partial charge in [-0.25, -0.2) is 9.59 Å². The van der Waals surface area contributed by atoms with Crippen LogP contribution in [0.15, 0.2) is 71.8 Å². The molecule has 1 amide bonds. The van der Waals surface area contributed by atoms with Crippen molar-refractivity contribution in [1.82, 2.24) is 5.32 Å². The summed E-state index contributed by atoms with van der Waals surface area (Å²) in [6.07, 6.45) is -6.46. The lowest BCUT2D eigenvalue weighted by Gasteiger charge is -2.65. The number of benzene rings is 2. The molecule has 1 aliphatic heterocycles. The van der Waals surface area contributed by atoms with Gasteiger partial charge in [0.25, 0.3) is 0 Å². The predicted octanol–water partition coefficient (Wildman–Crippen LogP) is 6.09. The lowest BCUT2D eigenvalue weighted by atomic mass is 9.45. The van der Waals surface area contributed by atoms with Gasteiger partial charge in [-0.15, -0.1) is 0 Å². The van der Waals surface area contributed by atoms with E-state index in [1.54, 1.807) is 102 Å². The number of carbonyl (C=O) groups excluding carboxylic acids is 7. The van der Waals surface area contributed by atoms with E-state index >= 15 is 4.79 Å². The molecule has 1 saturated heterocycles. The fourth-order valence-corrected chi connectivity index (χ4v) is 11.4. The molecule has 4 fully saturated rings. The molecule has 0 aromatic heterocycles. The first-order chi connectivity index (χ1) is 30.0. The zero-order valence-corrected chi connectivity index (χ0v) is 37.9. The fraction of sp³-hybridized carbons (Fsp3) is 0.571. The van der Waals surface area contributed by atoms with E-state index in [0.717, 1.165) is 0 Å². The monoisotopic (exact) mass is 885 g/mol. The Kier molecular flexibility index (Phi) is 12.3. The third kappa shape index (κ3) is 8.03. The van der Waals surface area contributed by atoms with Crippen LogP contribution >= 0.6 is 0 Å². The van der Waals surface area contributed by atoms with Crippen molar-refractivity contribution in [3.63, 3.8) is 0 Å². The number of ether oxygens (including phenoxy) is 6. The van der Waals surface area contributed by atoms with Crippen molar-refractivity contribution in [3.05, 3.63) is 82.9 Å². The smallest absolute Gasteiger partial charge is 0.408 e. The van der Waals surface area contributed by atoms with E-state index in [1.165, 1.54) is 20.8 Å². The number of hydrogen-bond donors (Lipinski definition) is 2. The largest absolute Gasteiger partial charge is 0.455 e. The summed E-state index contributed by atoms with van der Waals surface area (Å²) in [4.78, 5) is 97.7. The quantitative estimate of drug-likeness (QED) is 0.107. The lowest BCUT2D eigenvalue weighted by Crippen LogP contribution is -2.76. The molecule has 3 saturated carbocycles. The average Bonchev–Trinajstić information content (AvgIpc) is 3.95. The van der Waals surface area contributed by atoms with Gasteiger partial charge < -0.3 is 38.8 Å². The summed E-state index contributed by atoms with van der Waals surface area (Å²) in [7, 11) is 0. The number of nitrogens with one attached hydrogen (secondary N) is 1. The van der Waals surface area contributed by atoms with E-state index in [1.807, 2.05) is 0 Å².